The first-order valence-corrected chi connectivity index (χ1v) is 10.3. The highest BCUT2D eigenvalue weighted by molar-refractivity contribution is 5.94. The number of aryl methyl sites for hydroxylation is 4. The Bertz CT molecular complexity index is 1040. The molecule has 1 amide bonds. The van der Waals surface area contributed by atoms with Crippen LogP contribution in [0.25, 0.3) is 0 Å². The van der Waals surface area contributed by atoms with Gasteiger partial charge in [0.2, 0.25) is 5.91 Å². The molecule has 0 bridgehead atoms. The van der Waals surface area contributed by atoms with E-state index in [9.17, 15) is 4.79 Å². The van der Waals surface area contributed by atoms with E-state index in [4.69, 9.17) is 0 Å². The lowest BCUT2D eigenvalue weighted by Crippen LogP contribution is -2.33. The van der Waals surface area contributed by atoms with Crippen LogP contribution >= 0.6 is 0 Å². The van der Waals surface area contributed by atoms with E-state index < -0.39 is 0 Å². The minimum atomic E-state index is 0.0356. The number of fused-ring (bicyclic) bond motifs is 1. The van der Waals surface area contributed by atoms with Crippen LogP contribution in [-0.2, 0) is 24.3 Å². The van der Waals surface area contributed by atoms with E-state index in [0.717, 1.165) is 47.6 Å². The van der Waals surface area contributed by atoms with Gasteiger partial charge in [0.05, 0.1) is 13.0 Å². The monoisotopic (exact) mass is 387 g/mol. The summed E-state index contributed by atoms with van der Waals surface area (Å²) in [5.74, 6) is 0.0356. The second-order valence-electron chi connectivity index (χ2n) is 8.22. The van der Waals surface area contributed by atoms with Crippen LogP contribution in [0.1, 0.15) is 33.5 Å². The van der Waals surface area contributed by atoms with Crippen molar-refractivity contribution in [2.45, 2.75) is 47.2 Å². The van der Waals surface area contributed by atoms with Crippen LogP contribution in [0.3, 0.4) is 0 Å². The van der Waals surface area contributed by atoms with Crippen LogP contribution in [0.15, 0.2) is 48.7 Å². The van der Waals surface area contributed by atoms with Gasteiger partial charge in [-0.05, 0) is 74.2 Å². The Kier molecular flexibility index (Phi) is 5.18. The van der Waals surface area contributed by atoms with Crippen LogP contribution in [0.5, 0.6) is 0 Å². The molecule has 1 N–H and O–H groups in total. The van der Waals surface area contributed by atoms with E-state index in [1.165, 1.54) is 16.9 Å². The summed E-state index contributed by atoms with van der Waals surface area (Å²) in [6, 6.07) is 15.0. The Morgan fingerprint density at radius 3 is 2.48 bits per heavy atom. The number of hydrogen-bond donors (Lipinski definition) is 1. The minimum Gasteiger partial charge on any atom is -0.364 e. The second kappa shape index (κ2) is 7.78. The van der Waals surface area contributed by atoms with E-state index in [0.29, 0.717) is 6.42 Å². The van der Waals surface area contributed by atoms with Crippen molar-refractivity contribution >= 4 is 17.3 Å². The van der Waals surface area contributed by atoms with Crippen molar-refractivity contribution in [3.8, 4) is 0 Å². The number of anilines is 2. The van der Waals surface area contributed by atoms with E-state index >= 15 is 0 Å². The molecule has 4 nitrogen and oxygen atoms in total. The molecule has 4 rings (SSSR count). The third-order valence-corrected chi connectivity index (χ3v) is 5.89. The number of benzene rings is 2. The zero-order valence-corrected chi connectivity index (χ0v) is 17.7. The largest absolute Gasteiger partial charge is 0.364 e. The zero-order chi connectivity index (χ0) is 20.5. The summed E-state index contributed by atoms with van der Waals surface area (Å²) in [6.07, 6.45) is 2.55. The molecule has 29 heavy (non-hydrogen) atoms. The van der Waals surface area contributed by atoms with E-state index in [1.54, 1.807) is 0 Å². The van der Waals surface area contributed by atoms with Gasteiger partial charge in [0, 0.05) is 36.4 Å². The molecule has 150 valence electrons. The molecule has 1 aliphatic rings. The second-order valence-corrected chi connectivity index (χ2v) is 8.22. The fraction of sp³-hybridized carbons (Fsp3) is 0.320. The van der Waals surface area contributed by atoms with Gasteiger partial charge >= 0.3 is 0 Å². The molecule has 4 heteroatoms. The SMILES string of the molecule is Cc1ccc(C)c(CC(=O)Nc2c(C)cc(N3CCn4cccc4C3)cc2C)c1. The number of carbonyl (C=O) groups is 1. The van der Waals surface area contributed by atoms with Crippen molar-refractivity contribution in [3.05, 3.63) is 82.2 Å². The number of amides is 1. The van der Waals surface area contributed by atoms with E-state index in [-0.39, 0.29) is 5.91 Å². The van der Waals surface area contributed by atoms with Crippen LogP contribution in [0.4, 0.5) is 11.4 Å². The summed E-state index contributed by atoms with van der Waals surface area (Å²) in [5, 5.41) is 3.15. The number of carbonyl (C=O) groups excluding carboxylic acids is 1. The van der Waals surface area contributed by atoms with Crippen LogP contribution < -0.4 is 10.2 Å². The Labute approximate surface area is 173 Å². The van der Waals surface area contributed by atoms with Crippen molar-refractivity contribution in [2.75, 3.05) is 16.8 Å². The summed E-state index contributed by atoms with van der Waals surface area (Å²) >= 11 is 0. The van der Waals surface area contributed by atoms with Gasteiger partial charge in [-0.3, -0.25) is 4.79 Å². The smallest absolute Gasteiger partial charge is 0.228 e. The third-order valence-electron chi connectivity index (χ3n) is 5.89. The summed E-state index contributed by atoms with van der Waals surface area (Å²) in [7, 11) is 0. The van der Waals surface area contributed by atoms with Crippen LogP contribution in [-0.4, -0.2) is 17.0 Å². The molecule has 2 heterocycles. The molecular formula is C25H29N3O. The summed E-state index contributed by atoms with van der Waals surface area (Å²) in [5.41, 5.74) is 9.14. The molecule has 0 aliphatic carbocycles. The number of hydrogen-bond acceptors (Lipinski definition) is 2. The number of rotatable bonds is 4. The first-order valence-electron chi connectivity index (χ1n) is 10.3. The molecule has 0 atom stereocenters. The lowest BCUT2D eigenvalue weighted by atomic mass is 10.0. The molecule has 1 aromatic heterocycles. The highest BCUT2D eigenvalue weighted by Gasteiger charge is 2.18. The molecule has 0 unspecified atom stereocenters. The molecule has 0 radical (unpaired) electrons. The highest BCUT2D eigenvalue weighted by Crippen LogP contribution is 2.29. The molecule has 0 saturated carbocycles. The third kappa shape index (κ3) is 4.07. The van der Waals surface area contributed by atoms with Gasteiger partial charge in [-0.2, -0.15) is 0 Å². The van der Waals surface area contributed by atoms with Crippen molar-refractivity contribution in [3.63, 3.8) is 0 Å². The lowest BCUT2D eigenvalue weighted by Gasteiger charge is -2.31. The fourth-order valence-corrected chi connectivity index (χ4v) is 4.20. The van der Waals surface area contributed by atoms with Gasteiger partial charge in [0.1, 0.15) is 0 Å². The summed E-state index contributed by atoms with van der Waals surface area (Å²) in [4.78, 5) is 15.1. The quantitative estimate of drug-likeness (QED) is 0.690. The summed E-state index contributed by atoms with van der Waals surface area (Å²) in [6.45, 7) is 11.2. The van der Waals surface area contributed by atoms with E-state index in [1.807, 2.05) is 0 Å². The van der Waals surface area contributed by atoms with Crippen molar-refractivity contribution in [1.82, 2.24) is 4.57 Å². The van der Waals surface area contributed by atoms with Crippen molar-refractivity contribution in [2.24, 2.45) is 0 Å². The fourth-order valence-electron chi connectivity index (χ4n) is 4.20. The molecule has 3 aromatic rings. The van der Waals surface area contributed by atoms with Gasteiger partial charge in [0.25, 0.3) is 0 Å². The van der Waals surface area contributed by atoms with Crippen molar-refractivity contribution in [1.29, 1.82) is 0 Å². The molecule has 0 saturated heterocycles. The average Bonchev–Trinajstić information content (AvgIpc) is 3.15. The van der Waals surface area contributed by atoms with Gasteiger partial charge < -0.3 is 14.8 Å². The Hall–Kier alpha value is -3.01. The van der Waals surface area contributed by atoms with Gasteiger partial charge in [-0.25, -0.2) is 0 Å². The minimum absolute atomic E-state index is 0.0356. The average molecular weight is 388 g/mol. The molecule has 1 aliphatic heterocycles. The lowest BCUT2D eigenvalue weighted by molar-refractivity contribution is -0.115. The Morgan fingerprint density at radius 2 is 1.72 bits per heavy atom. The number of aromatic nitrogens is 1. The molecular weight excluding hydrogens is 358 g/mol. The maximum atomic E-state index is 12.7. The molecule has 2 aromatic carbocycles. The van der Waals surface area contributed by atoms with Gasteiger partial charge in [-0.15, -0.1) is 0 Å². The Balaban J connectivity index is 1.50. The Morgan fingerprint density at radius 1 is 0.966 bits per heavy atom. The topological polar surface area (TPSA) is 37.3 Å². The number of nitrogens with one attached hydrogen (secondary N) is 1. The maximum Gasteiger partial charge on any atom is 0.228 e. The first-order chi connectivity index (χ1) is 13.9. The number of nitrogens with zero attached hydrogens (tertiary/aromatic N) is 2. The maximum absolute atomic E-state index is 12.7. The van der Waals surface area contributed by atoms with Crippen LogP contribution in [0.2, 0.25) is 0 Å². The zero-order valence-electron chi connectivity index (χ0n) is 17.7. The predicted octanol–water partition coefficient (Wildman–Crippen LogP) is 4.92. The van der Waals surface area contributed by atoms with E-state index in [2.05, 4.69) is 91.1 Å². The normalized spacial score (nSPS) is 13.3. The predicted molar refractivity (Wildman–Crippen MR) is 120 cm³/mol. The van der Waals surface area contributed by atoms with Crippen molar-refractivity contribution < 1.29 is 4.79 Å². The van der Waals surface area contributed by atoms with Gasteiger partial charge in [0.15, 0.2) is 0 Å². The first kappa shape index (κ1) is 19.3. The standard InChI is InChI=1S/C25H29N3O/c1-17-7-8-18(2)21(12-17)15-24(29)26-25-19(3)13-23(14-20(25)4)28-11-10-27-9-5-6-22(27)16-28/h5-9,12-14H,10-11,15-16H2,1-4H3,(H,26,29). The summed E-state index contributed by atoms with van der Waals surface area (Å²) < 4.78 is 2.32. The van der Waals surface area contributed by atoms with Crippen LogP contribution in [0, 0.1) is 27.7 Å². The highest BCUT2D eigenvalue weighted by atomic mass is 16.1. The van der Waals surface area contributed by atoms with Gasteiger partial charge in [-0.1, -0.05) is 23.8 Å². The molecule has 0 fully saturated rings. The molecule has 0 spiro atoms.